The number of carbonyl (C=O) groups excluding carboxylic acids is 1. The van der Waals surface area contributed by atoms with Gasteiger partial charge in [0.25, 0.3) is 0 Å². The van der Waals surface area contributed by atoms with E-state index >= 15 is 0 Å². The molecule has 0 spiro atoms. The molecule has 1 amide bonds. The second kappa shape index (κ2) is 5.79. The average molecular weight is 317 g/mol. The van der Waals surface area contributed by atoms with E-state index in [1.807, 2.05) is 0 Å². The Hall–Kier alpha value is -2.76. The number of carboxylic acid groups (broad SMARTS) is 1. The van der Waals surface area contributed by atoms with Crippen molar-refractivity contribution in [3.8, 4) is 11.1 Å². The van der Waals surface area contributed by atoms with E-state index in [1.54, 1.807) is 18.2 Å². The van der Waals surface area contributed by atoms with Crippen LogP contribution in [0.2, 0.25) is 0 Å². The zero-order valence-corrected chi connectivity index (χ0v) is 12.1. The molecule has 4 nitrogen and oxygen atoms in total. The first-order chi connectivity index (χ1) is 11.0. The normalized spacial score (nSPS) is 13.8. The summed E-state index contributed by atoms with van der Waals surface area (Å²) >= 11 is 0. The first-order valence-corrected chi connectivity index (χ1v) is 7.06. The molecule has 0 saturated heterocycles. The van der Waals surface area contributed by atoms with E-state index in [2.05, 4.69) is 0 Å². The standard InChI is InChI=1S/C17H13F2NO3/c18-12-3-4-13(14(19)8-12)10-1-5-15-11(7-10)2-6-16(21)20(15)9-17(22)23/h1,3-5,7-8H,2,6,9H2,(H,22,23). The smallest absolute Gasteiger partial charge is 0.323 e. The summed E-state index contributed by atoms with van der Waals surface area (Å²) in [6.45, 7) is -0.407. The fourth-order valence-electron chi connectivity index (χ4n) is 2.76. The number of carbonyl (C=O) groups is 2. The zero-order valence-electron chi connectivity index (χ0n) is 12.1. The largest absolute Gasteiger partial charge is 0.480 e. The Bertz CT molecular complexity index is 804. The van der Waals surface area contributed by atoms with Gasteiger partial charge in [-0.15, -0.1) is 0 Å². The molecule has 0 aromatic heterocycles. The van der Waals surface area contributed by atoms with Crippen LogP contribution in [0.3, 0.4) is 0 Å². The molecule has 1 heterocycles. The second-order valence-corrected chi connectivity index (χ2v) is 5.34. The number of carboxylic acids is 1. The van der Waals surface area contributed by atoms with Gasteiger partial charge in [0.2, 0.25) is 5.91 Å². The summed E-state index contributed by atoms with van der Waals surface area (Å²) in [5.41, 5.74) is 2.11. The molecule has 6 heteroatoms. The zero-order chi connectivity index (χ0) is 16.6. The Morgan fingerprint density at radius 3 is 2.61 bits per heavy atom. The third-order valence-corrected chi connectivity index (χ3v) is 3.82. The van der Waals surface area contributed by atoms with Crippen molar-refractivity contribution in [2.45, 2.75) is 12.8 Å². The van der Waals surface area contributed by atoms with Crippen molar-refractivity contribution in [1.29, 1.82) is 0 Å². The molecule has 0 aliphatic carbocycles. The molecule has 3 rings (SSSR count). The van der Waals surface area contributed by atoms with Gasteiger partial charge in [0.15, 0.2) is 0 Å². The van der Waals surface area contributed by atoms with Gasteiger partial charge in [-0.1, -0.05) is 6.07 Å². The number of aliphatic carboxylic acids is 1. The first kappa shape index (κ1) is 15.1. The molecule has 0 saturated carbocycles. The van der Waals surface area contributed by atoms with Crippen molar-refractivity contribution < 1.29 is 23.5 Å². The van der Waals surface area contributed by atoms with Crippen LogP contribution in [0.1, 0.15) is 12.0 Å². The van der Waals surface area contributed by atoms with Crippen LogP contribution in [0.5, 0.6) is 0 Å². The third kappa shape index (κ3) is 2.92. The van der Waals surface area contributed by atoms with Crippen molar-refractivity contribution >= 4 is 17.6 Å². The highest BCUT2D eigenvalue weighted by Crippen LogP contribution is 2.33. The van der Waals surface area contributed by atoms with Crippen LogP contribution < -0.4 is 4.90 Å². The maximum atomic E-state index is 13.9. The van der Waals surface area contributed by atoms with Gasteiger partial charge in [0.05, 0.1) is 0 Å². The predicted octanol–water partition coefficient (Wildman–Crippen LogP) is 3.00. The van der Waals surface area contributed by atoms with Gasteiger partial charge >= 0.3 is 5.97 Å². The number of benzene rings is 2. The molecular formula is C17H13F2NO3. The van der Waals surface area contributed by atoms with Crippen molar-refractivity contribution in [3.05, 3.63) is 53.6 Å². The monoisotopic (exact) mass is 317 g/mol. The molecule has 0 atom stereocenters. The molecule has 23 heavy (non-hydrogen) atoms. The number of aryl methyl sites for hydroxylation is 1. The molecule has 118 valence electrons. The lowest BCUT2D eigenvalue weighted by atomic mass is 9.95. The highest BCUT2D eigenvalue weighted by atomic mass is 19.1. The maximum Gasteiger partial charge on any atom is 0.323 e. The van der Waals surface area contributed by atoms with Gasteiger partial charge in [-0.25, -0.2) is 8.78 Å². The van der Waals surface area contributed by atoms with Gasteiger partial charge in [-0.2, -0.15) is 0 Å². The number of fused-ring (bicyclic) bond motifs is 1. The van der Waals surface area contributed by atoms with Gasteiger partial charge in [-0.05, 0) is 41.8 Å². The minimum Gasteiger partial charge on any atom is -0.480 e. The second-order valence-electron chi connectivity index (χ2n) is 5.34. The molecule has 0 radical (unpaired) electrons. The van der Waals surface area contributed by atoms with E-state index in [4.69, 9.17) is 5.11 Å². The van der Waals surface area contributed by atoms with Crippen LogP contribution in [-0.4, -0.2) is 23.5 Å². The minimum atomic E-state index is -1.10. The molecule has 1 N–H and O–H groups in total. The maximum absolute atomic E-state index is 13.9. The number of amides is 1. The van der Waals surface area contributed by atoms with E-state index in [9.17, 15) is 18.4 Å². The Balaban J connectivity index is 2.02. The summed E-state index contributed by atoms with van der Waals surface area (Å²) in [4.78, 5) is 24.0. The number of hydrogen-bond acceptors (Lipinski definition) is 2. The van der Waals surface area contributed by atoms with E-state index < -0.39 is 24.1 Å². The van der Waals surface area contributed by atoms with Gasteiger partial charge in [-0.3, -0.25) is 9.59 Å². The highest BCUT2D eigenvalue weighted by Gasteiger charge is 2.26. The number of halogens is 2. The number of hydrogen-bond donors (Lipinski definition) is 1. The molecule has 0 unspecified atom stereocenters. The molecule has 1 aliphatic rings. The lowest BCUT2D eigenvalue weighted by Gasteiger charge is -2.28. The summed E-state index contributed by atoms with van der Waals surface area (Å²) in [6.07, 6.45) is 0.663. The van der Waals surface area contributed by atoms with Crippen LogP contribution in [-0.2, 0) is 16.0 Å². The topological polar surface area (TPSA) is 57.6 Å². The van der Waals surface area contributed by atoms with Gasteiger partial charge in [0, 0.05) is 23.7 Å². The SMILES string of the molecule is O=C(O)CN1C(=O)CCc2cc(-c3ccc(F)cc3F)ccc21. The van der Waals surface area contributed by atoms with Crippen LogP contribution in [0, 0.1) is 11.6 Å². The predicted molar refractivity (Wildman–Crippen MR) is 80.1 cm³/mol. The summed E-state index contributed by atoms with van der Waals surface area (Å²) in [6, 6.07) is 8.27. The van der Waals surface area contributed by atoms with E-state index in [1.165, 1.54) is 17.0 Å². The van der Waals surface area contributed by atoms with Crippen LogP contribution in [0.15, 0.2) is 36.4 Å². The molecule has 2 aromatic carbocycles. The summed E-state index contributed by atoms with van der Waals surface area (Å²) in [5, 5.41) is 8.93. The molecule has 2 aromatic rings. The Morgan fingerprint density at radius 1 is 1.13 bits per heavy atom. The highest BCUT2D eigenvalue weighted by molar-refractivity contribution is 6.00. The Morgan fingerprint density at radius 2 is 1.91 bits per heavy atom. The van der Waals surface area contributed by atoms with Crippen molar-refractivity contribution in [2.75, 3.05) is 11.4 Å². The lowest BCUT2D eigenvalue weighted by Crippen LogP contribution is -2.38. The van der Waals surface area contributed by atoms with E-state index in [0.717, 1.165) is 11.6 Å². The van der Waals surface area contributed by atoms with E-state index in [-0.39, 0.29) is 17.9 Å². The van der Waals surface area contributed by atoms with Crippen LogP contribution in [0.4, 0.5) is 14.5 Å². The third-order valence-electron chi connectivity index (χ3n) is 3.82. The van der Waals surface area contributed by atoms with Crippen molar-refractivity contribution in [3.63, 3.8) is 0 Å². The van der Waals surface area contributed by atoms with Gasteiger partial charge in [0.1, 0.15) is 18.2 Å². The fraction of sp³-hybridized carbons (Fsp3) is 0.176. The Labute approximate surface area is 131 Å². The Kier molecular flexibility index (Phi) is 3.82. The number of rotatable bonds is 3. The van der Waals surface area contributed by atoms with Gasteiger partial charge < -0.3 is 10.0 Å². The number of nitrogens with zero attached hydrogens (tertiary/aromatic N) is 1. The molecular weight excluding hydrogens is 304 g/mol. The van der Waals surface area contributed by atoms with Crippen molar-refractivity contribution in [1.82, 2.24) is 0 Å². The minimum absolute atomic E-state index is 0.204. The fourth-order valence-corrected chi connectivity index (χ4v) is 2.76. The quantitative estimate of drug-likeness (QED) is 0.947. The van der Waals surface area contributed by atoms with Crippen LogP contribution >= 0.6 is 0 Å². The molecule has 1 aliphatic heterocycles. The first-order valence-electron chi connectivity index (χ1n) is 7.06. The number of anilines is 1. The lowest BCUT2D eigenvalue weighted by molar-refractivity contribution is -0.136. The molecule has 0 fully saturated rings. The van der Waals surface area contributed by atoms with Crippen LogP contribution in [0.25, 0.3) is 11.1 Å². The average Bonchev–Trinajstić information content (AvgIpc) is 2.49. The summed E-state index contributed by atoms with van der Waals surface area (Å²) in [5.74, 6) is -2.66. The molecule has 0 bridgehead atoms. The van der Waals surface area contributed by atoms with Crippen molar-refractivity contribution in [2.24, 2.45) is 0 Å². The summed E-state index contributed by atoms with van der Waals surface area (Å²) < 4.78 is 26.9. The summed E-state index contributed by atoms with van der Waals surface area (Å²) in [7, 11) is 0. The van der Waals surface area contributed by atoms with E-state index in [0.29, 0.717) is 17.7 Å².